The zero-order chi connectivity index (χ0) is 17.9. The normalized spacial score (nSPS) is 14.4. The van der Waals surface area contributed by atoms with Gasteiger partial charge in [-0.25, -0.2) is 4.68 Å². The van der Waals surface area contributed by atoms with Crippen LogP contribution in [0.5, 0.6) is 0 Å². The van der Waals surface area contributed by atoms with E-state index in [0.717, 1.165) is 16.9 Å². The largest absolute Gasteiger partial charge is 0.378 e. The van der Waals surface area contributed by atoms with Gasteiger partial charge in [-0.1, -0.05) is 28.9 Å². The first kappa shape index (κ1) is 16.8. The minimum absolute atomic E-state index is 0.0244. The van der Waals surface area contributed by atoms with Crippen LogP contribution in [0.4, 0.5) is 0 Å². The molecule has 1 amide bonds. The highest BCUT2D eigenvalue weighted by Crippen LogP contribution is 2.23. The maximum absolute atomic E-state index is 12.5. The third-order valence-corrected chi connectivity index (χ3v) is 4.60. The minimum atomic E-state index is 0.0244. The van der Waals surface area contributed by atoms with Gasteiger partial charge in [0.15, 0.2) is 0 Å². The van der Waals surface area contributed by atoms with Crippen LogP contribution in [0.3, 0.4) is 0 Å². The Morgan fingerprint density at radius 1 is 1.00 bits per heavy atom. The average Bonchev–Trinajstić information content (AvgIpc) is 3.19. The zero-order valence-corrected chi connectivity index (χ0v) is 14.8. The van der Waals surface area contributed by atoms with Crippen molar-refractivity contribution in [3.63, 3.8) is 0 Å². The number of carbonyl (C=O) groups is 1. The van der Waals surface area contributed by atoms with Crippen molar-refractivity contribution in [3.8, 4) is 16.9 Å². The van der Waals surface area contributed by atoms with E-state index in [9.17, 15) is 4.79 Å². The molecule has 26 heavy (non-hydrogen) atoms. The lowest BCUT2D eigenvalue weighted by Gasteiger charge is -2.26. The molecule has 0 aliphatic carbocycles. The SMILES string of the molecule is O=C(c1ccc(-n2nncc2-c2ccc(Cl)cc2)cc1)N1CCOCC1. The molecule has 2 heterocycles. The van der Waals surface area contributed by atoms with Crippen molar-refractivity contribution in [1.82, 2.24) is 19.9 Å². The van der Waals surface area contributed by atoms with Gasteiger partial charge in [0.2, 0.25) is 0 Å². The fraction of sp³-hybridized carbons (Fsp3) is 0.211. The molecule has 3 aromatic rings. The Morgan fingerprint density at radius 3 is 2.38 bits per heavy atom. The maximum Gasteiger partial charge on any atom is 0.254 e. The number of amides is 1. The van der Waals surface area contributed by atoms with Gasteiger partial charge in [-0.2, -0.15) is 0 Å². The first-order chi connectivity index (χ1) is 12.7. The second-order valence-corrected chi connectivity index (χ2v) is 6.43. The molecule has 1 fully saturated rings. The van der Waals surface area contributed by atoms with Crippen LogP contribution in [0.15, 0.2) is 54.7 Å². The summed E-state index contributed by atoms with van der Waals surface area (Å²) in [5, 5.41) is 8.87. The maximum atomic E-state index is 12.5. The number of carbonyl (C=O) groups excluding carboxylic acids is 1. The Balaban J connectivity index is 1.59. The van der Waals surface area contributed by atoms with Crippen molar-refractivity contribution in [1.29, 1.82) is 0 Å². The molecule has 4 rings (SSSR count). The summed E-state index contributed by atoms with van der Waals surface area (Å²) in [4.78, 5) is 14.4. The second-order valence-electron chi connectivity index (χ2n) is 5.99. The lowest BCUT2D eigenvalue weighted by molar-refractivity contribution is 0.0303. The summed E-state index contributed by atoms with van der Waals surface area (Å²) < 4.78 is 7.04. The standard InChI is InChI=1S/C19H17ClN4O2/c20-16-5-1-14(2-6-16)18-13-21-22-24(18)17-7-3-15(4-8-17)19(25)23-9-11-26-12-10-23/h1-8,13H,9-12H2. The van der Waals surface area contributed by atoms with E-state index in [-0.39, 0.29) is 5.91 Å². The number of hydrogen-bond donors (Lipinski definition) is 0. The number of aromatic nitrogens is 3. The van der Waals surface area contributed by atoms with E-state index in [1.54, 1.807) is 10.9 Å². The van der Waals surface area contributed by atoms with Crippen LogP contribution < -0.4 is 0 Å². The summed E-state index contributed by atoms with van der Waals surface area (Å²) >= 11 is 5.96. The number of ether oxygens (including phenoxy) is 1. The monoisotopic (exact) mass is 368 g/mol. The Labute approximate surface area is 155 Å². The summed E-state index contributed by atoms with van der Waals surface area (Å²) in [6, 6.07) is 14.9. The molecule has 0 saturated carbocycles. The molecule has 6 nitrogen and oxygen atoms in total. The predicted molar refractivity (Wildman–Crippen MR) is 98.5 cm³/mol. The molecule has 2 aromatic carbocycles. The van der Waals surface area contributed by atoms with E-state index in [2.05, 4.69) is 10.3 Å². The van der Waals surface area contributed by atoms with E-state index in [4.69, 9.17) is 16.3 Å². The van der Waals surface area contributed by atoms with Crippen LogP contribution >= 0.6 is 11.6 Å². The minimum Gasteiger partial charge on any atom is -0.378 e. The smallest absolute Gasteiger partial charge is 0.254 e. The van der Waals surface area contributed by atoms with E-state index in [1.807, 2.05) is 53.4 Å². The molecule has 0 unspecified atom stereocenters. The molecule has 0 atom stereocenters. The van der Waals surface area contributed by atoms with Gasteiger partial charge < -0.3 is 9.64 Å². The zero-order valence-electron chi connectivity index (χ0n) is 14.0. The van der Waals surface area contributed by atoms with Crippen molar-refractivity contribution in [2.75, 3.05) is 26.3 Å². The van der Waals surface area contributed by atoms with E-state index in [0.29, 0.717) is 36.9 Å². The molecular formula is C19H17ClN4O2. The Hall–Kier alpha value is -2.70. The summed E-state index contributed by atoms with van der Waals surface area (Å²) in [7, 11) is 0. The fourth-order valence-corrected chi connectivity index (χ4v) is 3.06. The predicted octanol–water partition coefficient (Wildman–Crippen LogP) is 3.06. The van der Waals surface area contributed by atoms with Crippen LogP contribution in [0.1, 0.15) is 10.4 Å². The first-order valence-corrected chi connectivity index (χ1v) is 8.74. The molecular weight excluding hydrogens is 352 g/mol. The number of hydrogen-bond acceptors (Lipinski definition) is 4. The average molecular weight is 369 g/mol. The highest BCUT2D eigenvalue weighted by atomic mass is 35.5. The van der Waals surface area contributed by atoms with Crippen LogP contribution in [0.25, 0.3) is 16.9 Å². The molecule has 1 saturated heterocycles. The quantitative estimate of drug-likeness (QED) is 0.713. The van der Waals surface area contributed by atoms with Gasteiger partial charge in [-0.3, -0.25) is 4.79 Å². The highest BCUT2D eigenvalue weighted by Gasteiger charge is 2.18. The fourth-order valence-electron chi connectivity index (χ4n) is 2.94. The third kappa shape index (κ3) is 3.34. The Kier molecular flexibility index (Phi) is 4.69. The number of halogens is 1. The van der Waals surface area contributed by atoms with E-state index >= 15 is 0 Å². The van der Waals surface area contributed by atoms with Gasteiger partial charge in [0.05, 0.1) is 30.8 Å². The van der Waals surface area contributed by atoms with Crippen LogP contribution in [-0.2, 0) is 4.74 Å². The molecule has 0 radical (unpaired) electrons. The number of nitrogens with zero attached hydrogens (tertiary/aromatic N) is 4. The number of morpholine rings is 1. The molecule has 1 aliphatic rings. The van der Waals surface area contributed by atoms with Gasteiger partial charge >= 0.3 is 0 Å². The van der Waals surface area contributed by atoms with Crippen LogP contribution in [0, 0.1) is 0 Å². The van der Waals surface area contributed by atoms with Crippen molar-refractivity contribution in [3.05, 3.63) is 65.3 Å². The molecule has 0 spiro atoms. The van der Waals surface area contributed by atoms with Gasteiger partial charge in [0.1, 0.15) is 0 Å². The Morgan fingerprint density at radius 2 is 1.69 bits per heavy atom. The molecule has 1 aromatic heterocycles. The molecule has 132 valence electrons. The highest BCUT2D eigenvalue weighted by molar-refractivity contribution is 6.30. The molecule has 0 bridgehead atoms. The van der Waals surface area contributed by atoms with Gasteiger partial charge in [-0.05, 0) is 36.4 Å². The summed E-state index contributed by atoms with van der Waals surface area (Å²) in [5.74, 6) is 0.0244. The number of rotatable bonds is 3. The van der Waals surface area contributed by atoms with Gasteiger partial charge in [0.25, 0.3) is 5.91 Å². The van der Waals surface area contributed by atoms with E-state index in [1.165, 1.54) is 0 Å². The van der Waals surface area contributed by atoms with E-state index < -0.39 is 0 Å². The topological polar surface area (TPSA) is 60.2 Å². The van der Waals surface area contributed by atoms with Crippen LogP contribution in [0.2, 0.25) is 5.02 Å². The third-order valence-electron chi connectivity index (χ3n) is 4.35. The summed E-state index contributed by atoms with van der Waals surface area (Å²) in [6.07, 6.45) is 1.70. The number of benzene rings is 2. The van der Waals surface area contributed by atoms with Crippen LogP contribution in [-0.4, -0.2) is 52.1 Å². The Bertz CT molecular complexity index is 900. The van der Waals surface area contributed by atoms with Gasteiger partial charge in [-0.15, -0.1) is 5.10 Å². The molecule has 0 N–H and O–H groups in total. The summed E-state index contributed by atoms with van der Waals surface area (Å²) in [5.41, 5.74) is 3.32. The van der Waals surface area contributed by atoms with Gasteiger partial charge in [0, 0.05) is 29.2 Å². The first-order valence-electron chi connectivity index (χ1n) is 8.36. The van der Waals surface area contributed by atoms with Crippen molar-refractivity contribution in [2.24, 2.45) is 0 Å². The summed E-state index contributed by atoms with van der Waals surface area (Å²) in [6.45, 7) is 2.44. The molecule has 1 aliphatic heterocycles. The van der Waals surface area contributed by atoms with Crippen molar-refractivity contribution < 1.29 is 9.53 Å². The second kappa shape index (κ2) is 7.27. The molecule has 7 heteroatoms. The lowest BCUT2D eigenvalue weighted by atomic mass is 10.1. The van der Waals surface area contributed by atoms with Crippen molar-refractivity contribution in [2.45, 2.75) is 0 Å². The lowest BCUT2D eigenvalue weighted by Crippen LogP contribution is -2.40. The van der Waals surface area contributed by atoms with Crippen molar-refractivity contribution >= 4 is 17.5 Å².